The van der Waals surface area contributed by atoms with E-state index in [1.807, 2.05) is 0 Å². The van der Waals surface area contributed by atoms with Crippen LogP contribution in [-0.4, -0.2) is 22.8 Å². The number of fused-ring (bicyclic) bond motifs is 2. The second-order valence-electron chi connectivity index (χ2n) is 6.09. The Morgan fingerprint density at radius 1 is 1.00 bits per heavy atom. The van der Waals surface area contributed by atoms with Gasteiger partial charge in [-0.05, 0) is 36.9 Å². The van der Waals surface area contributed by atoms with E-state index in [0.717, 1.165) is 0 Å². The van der Waals surface area contributed by atoms with Crippen LogP contribution < -0.4 is 4.57 Å². The lowest BCUT2D eigenvalue weighted by Gasteiger charge is -2.18. The zero-order valence-electron chi connectivity index (χ0n) is 13.7. The van der Waals surface area contributed by atoms with Crippen LogP contribution in [0.1, 0.15) is 12.5 Å². The molecule has 0 saturated carbocycles. The molecular weight excluding hydrogens is 300 g/mol. The molecule has 0 spiro atoms. The normalized spacial score (nSPS) is 21.7. The number of rotatable bonds is 1. The summed E-state index contributed by atoms with van der Waals surface area (Å²) in [5.74, 6) is 0. The summed E-state index contributed by atoms with van der Waals surface area (Å²) in [7, 11) is 4.41. The Labute approximate surface area is 139 Å². The number of hydrogen-bond donors (Lipinski definition) is 0. The Balaban J connectivity index is 2.10. The second kappa shape index (κ2) is 5.59. The smallest absolute Gasteiger partial charge is 0.213 e. The van der Waals surface area contributed by atoms with E-state index in [4.69, 9.17) is 0 Å². The minimum absolute atomic E-state index is 0.0467. The molecule has 2 heterocycles. The molecule has 1 aliphatic heterocycles. The fourth-order valence-electron chi connectivity index (χ4n) is 3.24. The van der Waals surface area contributed by atoms with Gasteiger partial charge in [0.25, 0.3) is 0 Å². The molecule has 0 saturated heterocycles. The van der Waals surface area contributed by atoms with Gasteiger partial charge >= 0.3 is 0 Å². The first-order chi connectivity index (χ1) is 11.2. The van der Waals surface area contributed by atoms with Crippen LogP contribution in [0.4, 0.5) is 0 Å². The predicted octanol–water partition coefficient (Wildman–Crippen LogP) is 4.00. The zero-order chi connectivity index (χ0) is 16.0. The van der Waals surface area contributed by atoms with Gasteiger partial charge in [-0.3, -0.25) is 0 Å². The minimum atomic E-state index is 0.0467. The molecule has 0 fully saturated rings. The van der Waals surface area contributed by atoms with Crippen LogP contribution in [-0.2, 0) is 7.05 Å². The zero-order valence-corrected chi connectivity index (χ0v) is 14.5. The molecule has 0 aliphatic carbocycles. The summed E-state index contributed by atoms with van der Waals surface area (Å²) >= 11 is 0. The lowest BCUT2D eigenvalue weighted by molar-refractivity contribution is -0.617. The summed E-state index contributed by atoms with van der Waals surface area (Å²) in [6.07, 6.45) is 2.30. The molecule has 1 aliphatic rings. The first-order valence-corrected chi connectivity index (χ1v) is 9.25. The highest BCUT2D eigenvalue weighted by atomic mass is 32.2. The fraction of sp³-hybridized carbons (Fsp3) is 0.200. The van der Waals surface area contributed by atoms with Crippen LogP contribution >= 0.6 is 10.7 Å². The van der Waals surface area contributed by atoms with Crippen molar-refractivity contribution in [1.29, 1.82) is 0 Å². The molecule has 0 N–H and O–H groups in total. The molecule has 23 heavy (non-hydrogen) atoms. The molecule has 0 radical (unpaired) electrons. The highest BCUT2D eigenvalue weighted by Crippen LogP contribution is 2.32. The summed E-state index contributed by atoms with van der Waals surface area (Å²) in [4.78, 5) is 0. The van der Waals surface area contributed by atoms with Gasteiger partial charge in [0.2, 0.25) is 11.0 Å². The number of hydrogen-bond acceptors (Lipinski definition) is 1. The van der Waals surface area contributed by atoms with Gasteiger partial charge in [-0.15, -0.1) is 0 Å². The fourth-order valence-corrected chi connectivity index (χ4v) is 5.01. The minimum Gasteiger partial charge on any atom is -0.249 e. The van der Waals surface area contributed by atoms with Crippen molar-refractivity contribution in [2.24, 2.45) is 7.05 Å². The topological polar surface area (TPSA) is 7.12 Å². The van der Waals surface area contributed by atoms with E-state index in [9.17, 15) is 0 Å². The molecular formula is C20H21N2S+. The molecule has 2 unspecified atom stereocenters. The van der Waals surface area contributed by atoms with Gasteiger partial charge in [-0.2, -0.15) is 4.57 Å². The Kier molecular flexibility index (Phi) is 3.55. The van der Waals surface area contributed by atoms with E-state index in [-0.39, 0.29) is 10.7 Å². The van der Waals surface area contributed by atoms with Crippen molar-refractivity contribution >= 4 is 37.8 Å². The maximum Gasteiger partial charge on any atom is 0.213 e. The number of pyridine rings is 1. The number of nitrogens with zero attached hydrogens (tertiary/aromatic N) is 2. The molecule has 116 valence electrons. The largest absolute Gasteiger partial charge is 0.249 e. The number of aryl methyl sites for hydroxylation is 1. The number of benzene rings is 2. The van der Waals surface area contributed by atoms with E-state index < -0.39 is 0 Å². The van der Waals surface area contributed by atoms with Gasteiger partial charge in [0.05, 0.1) is 10.8 Å². The molecule has 1 aromatic heterocycles. The average molecular weight is 321 g/mol. The van der Waals surface area contributed by atoms with Gasteiger partial charge in [-0.1, -0.05) is 41.0 Å². The molecule has 0 bridgehead atoms. The number of aromatic nitrogens is 1. The summed E-state index contributed by atoms with van der Waals surface area (Å²) in [5.41, 5.74) is 3.91. The van der Waals surface area contributed by atoms with Crippen LogP contribution in [0.3, 0.4) is 0 Å². The molecule has 4 rings (SSSR count). The maximum absolute atomic E-state index is 2.44. The van der Waals surface area contributed by atoms with Crippen LogP contribution in [0, 0.1) is 0 Å². The number of likely N-dealkylation sites (N-methyl/N-ethyl adjacent to an activating group) is 1. The molecule has 2 nitrogen and oxygen atoms in total. The van der Waals surface area contributed by atoms with Crippen molar-refractivity contribution in [3.8, 4) is 0 Å². The van der Waals surface area contributed by atoms with E-state index in [0.29, 0.717) is 6.04 Å². The van der Waals surface area contributed by atoms with E-state index in [1.165, 1.54) is 27.4 Å². The summed E-state index contributed by atoms with van der Waals surface area (Å²) in [6.45, 7) is 2.25. The Hall–Kier alpha value is -1.97. The average Bonchev–Trinajstić information content (AvgIpc) is 2.90. The Bertz CT molecular complexity index is 915. The van der Waals surface area contributed by atoms with Crippen molar-refractivity contribution in [2.75, 3.05) is 7.05 Å². The van der Waals surface area contributed by atoms with Crippen LogP contribution in [0.2, 0.25) is 0 Å². The van der Waals surface area contributed by atoms with E-state index in [1.54, 1.807) is 0 Å². The quantitative estimate of drug-likeness (QED) is 0.373. The van der Waals surface area contributed by atoms with Crippen LogP contribution in [0.5, 0.6) is 0 Å². The van der Waals surface area contributed by atoms with Crippen LogP contribution in [0.15, 0.2) is 60.0 Å². The monoisotopic (exact) mass is 321 g/mol. The molecule has 0 amide bonds. The third kappa shape index (κ3) is 2.32. The van der Waals surface area contributed by atoms with Gasteiger partial charge in [0, 0.05) is 23.7 Å². The van der Waals surface area contributed by atoms with Crippen molar-refractivity contribution < 1.29 is 4.57 Å². The highest BCUT2D eigenvalue weighted by Gasteiger charge is 2.19. The van der Waals surface area contributed by atoms with Crippen molar-refractivity contribution in [3.63, 3.8) is 0 Å². The van der Waals surface area contributed by atoms with E-state index >= 15 is 0 Å². The highest BCUT2D eigenvalue weighted by molar-refractivity contribution is 8.16. The van der Waals surface area contributed by atoms with Gasteiger partial charge in [0.15, 0.2) is 0 Å². The lowest BCUT2D eigenvalue weighted by atomic mass is 10.0. The number of para-hydroxylation sites is 2. The van der Waals surface area contributed by atoms with Gasteiger partial charge in [0.1, 0.15) is 7.05 Å². The van der Waals surface area contributed by atoms with Crippen molar-refractivity contribution in [3.05, 3.63) is 65.6 Å². The van der Waals surface area contributed by atoms with Crippen molar-refractivity contribution in [1.82, 2.24) is 4.31 Å². The SMILES string of the molecule is CC1C=C/S(=C\c2c3ccccc3[n+](C)c3ccccc23)N1C. The van der Waals surface area contributed by atoms with Crippen molar-refractivity contribution in [2.45, 2.75) is 13.0 Å². The summed E-state index contributed by atoms with van der Waals surface area (Å²) in [6, 6.07) is 17.9. The Morgan fingerprint density at radius 2 is 1.57 bits per heavy atom. The third-order valence-corrected chi connectivity index (χ3v) is 6.66. The standard InChI is InChI=1S/C20H21N2S/c1-15-12-13-23(22(15)3)14-18-16-8-4-6-10-19(16)21(2)20-11-7-5-9-17(18)20/h4-15H,1-3H3/q+1. The molecule has 3 heteroatoms. The predicted molar refractivity (Wildman–Crippen MR) is 102 cm³/mol. The molecule has 2 atom stereocenters. The Morgan fingerprint density at radius 3 is 2.09 bits per heavy atom. The van der Waals surface area contributed by atoms with Crippen LogP contribution in [0.25, 0.3) is 21.8 Å². The molecule has 3 aromatic rings. The first-order valence-electron chi connectivity index (χ1n) is 7.94. The van der Waals surface area contributed by atoms with Gasteiger partial charge < -0.3 is 0 Å². The molecule has 2 aromatic carbocycles. The lowest BCUT2D eigenvalue weighted by Crippen LogP contribution is -2.30. The second-order valence-corrected chi connectivity index (χ2v) is 7.86. The first kappa shape index (κ1) is 14.6. The summed E-state index contributed by atoms with van der Waals surface area (Å²) < 4.78 is 4.72. The third-order valence-electron chi connectivity index (χ3n) is 4.75. The summed E-state index contributed by atoms with van der Waals surface area (Å²) in [5, 5.41) is 7.41. The van der Waals surface area contributed by atoms with E-state index in [2.05, 4.69) is 95.3 Å². The maximum atomic E-state index is 2.44. The van der Waals surface area contributed by atoms with Gasteiger partial charge in [-0.25, -0.2) is 4.31 Å².